The van der Waals surface area contributed by atoms with Gasteiger partial charge in [-0.2, -0.15) is 15.0 Å². The lowest BCUT2D eigenvalue weighted by molar-refractivity contribution is 0.0479. The van der Waals surface area contributed by atoms with E-state index in [4.69, 9.17) is 15.2 Å². The number of fused-ring (bicyclic) bond motifs is 1. The van der Waals surface area contributed by atoms with Gasteiger partial charge in [0, 0.05) is 25.6 Å². The van der Waals surface area contributed by atoms with Crippen molar-refractivity contribution < 1.29 is 9.47 Å². The van der Waals surface area contributed by atoms with Crippen molar-refractivity contribution in [3.8, 4) is 6.01 Å². The summed E-state index contributed by atoms with van der Waals surface area (Å²) in [6.45, 7) is 5.32. The molecule has 0 radical (unpaired) electrons. The first kappa shape index (κ1) is 16.8. The van der Waals surface area contributed by atoms with Crippen LogP contribution in [0.5, 0.6) is 6.01 Å². The number of ether oxygens (including phenoxy) is 2. The number of nitrogens with zero attached hydrogens (tertiary/aromatic N) is 4. The molecule has 24 heavy (non-hydrogen) atoms. The van der Waals surface area contributed by atoms with Gasteiger partial charge in [0.1, 0.15) is 0 Å². The molecule has 0 amide bonds. The lowest BCUT2D eigenvalue weighted by Crippen LogP contribution is -2.22. The summed E-state index contributed by atoms with van der Waals surface area (Å²) in [5.74, 6) is 1.34. The number of methoxy groups -OCH3 is 1. The van der Waals surface area contributed by atoms with Gasteiger partial charge >= 0.3 is 0 Å². The van der Waals surface area contributed by atoms with E-state index in [0.717, 1.165) is 52.0 Å². The molecule has 2 aromatic heterocycles. The molecule has 0 spiro atoms. The van der Waals surface area contributed by atoms with Crippen molar-refractivity contribution in [2.45, 2.75) is 39.2 Å². The molecule has 132 valence electrons. The molecule has 8 heteroatoms. The van der Waals surface area contributed by atoms with Crippen LogP contribution in [-0.2, 0) is 11.3 Å². The van der Waals surface area contributed by atoms with Crippen LogP contribution in [0.4, 0.5) is 11.8 Å². The van der Waals surface area contributed by atoms with E-state index in [1.54, 1.807) is 7.11 Å². The lowest BCUT2D eigenvalue weighted by atomic mass is 10.0. The molecule has 1 saturated heterocycles. The summed E-state index contributed by atoms with van der Waals surface area (Å²) in [6.07, 6.45) is 4.38. The van der Waals surface area contributed by atoms with E-state index in [-0.39, 0.29) is 0 Å². The second-order valence-electron chi connectivity index (χ2n) is 6.18. The predicted octanol–water partition coefficient (Wildman–Crippen LogP) is 2.06. The molecule has 3 rings (SSSR count). The lowest BCUT2D eigenvalue weighted by Gasteiger charge is -2.22. The van der Waals surface area contributed by atoms with Crippen molar-refractivity contribution in [1.82, 2.24) is 19.5 Å². The Morgan fingerprint density at radius 1 is 1.38 bits per heavy atom. The zero-order valence-corrected chi connectivity index (χ0v) is 14.4. The smallest absolute Gasteiger partial charge is 0.298 e. The third kappa shape index (κ3) is 3.53. The molecule has 0 saturated carbocycles. The highest BCUT2D eigenvalue weighted by Crippen LogP contribution is 2.27. The molecule has 8 nitrogen and oxygen atoms in total. The van der Waals surface area contributed by atoms with Crippen LogP contribution < -0.4 is 15.8 Å². The Balaban J connectivity index is 1.92. The molecular formula is C16H26N6O2. The molecule has 0 aromatic carbocycles. The first-order valence-corrected chi connectivity index (χ1v) is 8.62. The van der Waals surface area contributed by atoms with Crippen LogP contribution in [-0.4, -0.2) is 46.4 Å². The van der Waals surface area contributed by atoms with Crippen molar-refractivity contribution in [3.63, 3.8) is 0 Å². The van der Waals surface area contributed by atoms with Gasteiger partial charge in [-0.15, -0.1) is 0 Å². The average Bonchev–Trinajstić information content (AvgIpc) is 2.94. The second kappa shape index (κ2) is 7.65. The zero-order valence-electron chi connectivity index (χ0n) is 14.4. The Hall–Kier alpha value is -2.09. The quantitative estimate of drug-likeness (QED) is 0.747. The van der Waals surface area contributed by atoms with E-state index in [0.29, 0.717) is 34.9 Å². The summed E-state index contributed by atoms with van der Waals surface area (Å²) >= 11 is 0. The third-order valence-electron chi connectivity index (χ3n) is 4.28. The standard InChI is InChI=1S/C16H26N6O2/c1-3-4-7-18-15-20-13(17)12-14(21-15)22(16(19-12)23-2)9-11-6-5-8-24-10-11/h11H,3-10H2,1-2H3,(H3,17,18,20,21). The molecular weight excluding hydrogens is 308 g/mol. The van der Waals surface area contributed by atoms with Gasteiger partial charge in [-0.1, -0.05) is 13.3 Å². The Kier molecular flexibility index (Phi) is 5.34. The molecule has 1 atom stereocenters. The highest BCUT2D eigenvalue weighted by Gasteiger charge is 2.21. The summed E-state index contributed by atoms with van der Waals surface area (Å²) in [4.78, 5) is 13.4. The number of nitrogens with one attached hydrogen (secondary N) is 1. The normalized spacial score (nSPS) is 18.0. The summed E-state index contributed by atoms with van der Waals surface area (Å²) in [6, 6.07) is 0.516. The third-order valence-corrected chi connectivity index (χ3v) is 4.28. The van der Waals surface area contributed by atoms with Gasteiger partial charge < -0.3 is 20.5 Å². The highest BCUT2D eigenvalue weighted by molar-refractivity contribution is 5.84. The van der Waals surface area contributed by atoms with Crippen molar-refractivity contribution in [1.29, 1.82) is 0 Å². The minimum Gasteiger partial charge on any atom is -0.468 e. The van der Waals surface area contributed by atoms with Gasteiger partial charge in [-0.05, 0) is 19.3 Å². The van der Waals surface area contributed by atoms with Crippen LogP contribution in [0.3, 0.4) is 0 Å². The van der Waals surface area contributed by atoms with Crippen molar-refractivity contribution in [2.75, 3.05) is 37.9 Å². The summed E-state index contributed by atoms with van der Waals surface area (Å²) < 4.78 is 13.0. The Morgan fingerprint density at radius 3 is 2.96 bits per heavy atom. The van der Waals surface area contributed by atoms with E-state index >= 15 is 0 Å². The molecule has 1 aliphatic heterocycles. The van der Waals surface area contributed by atoms with E-state index in [1.165, 1.54) is 0 Å². The minimum atomic E-state index is 0.371. The maximum atomic E-state index is 6.08. The SMILES string of the molecule is CCCCNc1nc(N)c2nc(OC)n(CC3CCCOC3)c2n1. The van der Waals surface area contributed by atoms with Crippen molar-refractivity contribution in [3.05, 3.63) is 0 Å². The topological polar surface area (TPSA) is 100 Å². The Morgan fingerprint density at radius 2 is 2.25 bits per heavy atom. The van der Waals surface area contributed by atoms with Gasteiger partial charge in [0.15, 0.2) is 17.0 Å². The largest absolute Gasteiger partial charge is 0.468 e. The van der Waals surface area contributed by atoms with Gasteiger partial charge in [0.05, 0.1) is 13.7 Å². The fourth-order valence-electron chi connectivity index (χ4n) is 2.99. The monoisotopic (exact) mass is 334 g/mol. The van der Waals surface area contributed by atoms with E-state index in [1.807, 2.05) is 4.57 Å². The molecule has 1 aliphatic rings. The number of aromatic nitrogens is 4. The summed E-state index contributed by atoms with van der Waals surface area (Å²) in [7, 11) is 1.61. The number of anilines is 2. The summed E-state index contributed by atoms with van der Waals surface area (Å²) in [5.41, 5.74) is 7.38. The molecule has 0 aliphatic carbocycles. The fourth-order valence-corrected chi connectivity index (χ4v) is 2.99. The Labute approximate surface area is 141 Å². The number of imidazole rings is 1. The van der Waals surface area contributed by atoms with Crippen LogP contribution in [0, 0.1) is 5.92 Å². The van der Waals surface area contributed by atoms with Gasteiger partial charge in [-0.25, -0.2) is 0 Å². The van der Waals surface area contributed by atoms with Gasteiger partial charge in [0.25, 0.3) is 6.01 Å². The minimum absolute atomic E-state index is 0.371. The number of hydrogen-bond donors (Lipinski definition) is 2. The van der Waals surface area contributed by atoms with Crippen LogP contribution in [0.2, 0.25) is 0 Å². The van der Waals surface area contributed by atoms with Gasteiger partial charge in [-0.3, -0.25) is 4.57 Å². The van der Waals surface area contributed by atoms with E-state index in [9.17, 15) is 0 Å². The molecule has 2 aromatic rings. The van der Waals surface area contributed by atoms with Crippen molar-refractivity contribution >= 4 is 22.9 Å². The number of unbranched alkanes of at least 4 members (excludes halogenated alkanes) is 1. The van der Waals surface area contributed by atoms with Crippen LogP contribution in [0.25, 0.3) is 11.2 Å². The highest BCUT2D eigenvalue weighted by atomic mass is 16.5. The predicted molar refractivity (Wildman–Crippen MR) is 93.2 cm³/mol. The second-order valence-corrected chi connectivity index (χ2v) is 6.18. The first-order valence-electron chi connectivity index (χ1n) is 8.62. The van der Waals surface area contributed by atoms with Crippen LogP contribution >= 0.6 is 0 Å². The molecule has 1 fully saturated rings. The van der Waals surface area contributed by atoms with Crippen LogP contribution in [0.1, 0.15) is 32.6 Å². The molecule has 0 bridgehead atoms. The zero-order chi connectivity index (χ0) is 16.9. The van der Waals surface area contributed by atoms with Gasteiger partial charge in [0.2, 0.25) is 5.95 Å². The summed E-state index contributed by atoms with van der Waals surface area (Å²) in [5, 5.41) is 3.23. The maximum Gasteiger partial charge on any atom is 0.298 e. The first-order chi connectivity index (χ1) is 11.7. The molecule has 1 unspecified atom stereocenters. The van der Waals surface area contributed by atoms with E-state index in [2.05, 4.69) is 27.2 Å². The number of hydrogen-bond acceptors (Lipinski definition) is 7. The van der Waals surface area contributed by atoms with Crippen molar-refractivity contribution in [2.24, 2.45) is 5.92 Å². The maximum absolute atomic E-state index is 6.08. The number of nitrogen functional groups attached to an aromatic ring is 1. The fraction of sp³-hybridized carbons (Fsp3) is 0.688. The number of nitrogens with two attached hydrogens (primary N) is 1. The molecule has 3 N–H and O–H groups in total. The Bertz CT molecular complexity index is 681. The van der Waals surface area contributed by atoms with E-state index < -0.39 is 0 Å². The van der Waals surface area contributed by atoms with Crippen LogP contribution in [0.15, 0.2) is 0 Å². The number of rotatable bonds is 7. The molecule has 3 heterocycles. The average molecular weight is 334 g/mol.